The molecule has 0 saturated heterocycles. The van der Waals surface area contributed by atoms with Crippen molar-refractivity contribution >= 4 is 0 Å². The van der Waals surface area contributed by atoms with Gasteiger partial charge in [0, 0.05) is 12.0 Å². The molecule has 0 radical (unpaired) electrons. The molecule has 0 aliphatic carbocycles. The molecule has 5 heteroatoms. The van der Waals surface area contributed by atoms with Gasteiger partial charge in [-0.3, -0.25) is 0 Å². The first-order chi connectivity index (χ1) is 7.36. The molecule has 2 N–H and O–H groups in total. The van der Waals surface area contributed by atoms with Crippen molar-refractivity contribution in [2.45, 2.75) is 19.8 Å². The number of hydrogen-bond acceptors (Lipinski definition) is 5. The van der Waals surface area contributed by atoms with Crippen LogP contribution >= 0.6 is 0 Å². The molecule has 0 aromatic carbocycles. The number of hydrogen-bond donors (Lipinski definition) is 1. The molecule has 0 saturated carbocycles. The lowest BCUT2D eigenvalue weighted by atomic mass is 10.1. The van der Waals surface area contributed by atoms with E-state index in [4.69, 9.17) is 14.8 Å². The van der Waals surface area contributed by atoms with E-state index in [9.17, 15) is 0 Å². The van der Waals surface area contributed by atoms with Crippen molar-refractivity contribution in [1.29, 1.82) is 0 Å². The van der Waals surface area contributed by atoms with Crippen LogP contribution in [-0.4, -0.2) is 16.9 Å². The van der Waals surface area contributed by atoms with Crippen LogP contribution < -0.4 is 5.73 Å². The zero-order valence-electron chi connectivity index (χ0n) is 8.56. The summed E-state index contributed by atoms with van der Waals surface area (Å²) in [5.74, 6) is 1.53. The first-order valence-corrected chi connectivity index (χ1v) is 4.94. The van der Waals surface area contributed by atoms with Crippen molar-refractivity contribution in [3.63, 3.8) is 0 Å². The maximum absolute atomic E-state index is 5.50. The van der Waals surface area contributed by atoms with Crippen molar-refractivity contribution in [2.75, 3.05) is 6.54 Å². The Bertz CT molecular complexity index is 433. The first kappa shape index (κ1) is 9.92. The van der Waals surface area contributed by atoms with Gasteiger partial charge in [0.2, 0.25) is 0 Å². The maximum Gasteiger partial charge on any atom is 0.175 e. The first-order valence-electron chi connectivity index (χ1n) is 4.94. The van der Waals surface area contributed by atoms with E-state index in [2.05, 4.69) is 10.3 Å². The lowest BCUT2D eigenvalue weighted by molar-refractivity contribution is 0.385. The van der Waals surface area contributed by atoms with Crippen molar-refractivity contribution in [3.8, 4) is 11.3 Å². The van der Waals surface area contributed by atoms with Crippen LogP contribution in [0.15, 0.2) is 21.4 Å². The molecule has 0 aliphatic heterocycles. The molecular weight excluding hydrogens is 194 g/mol. The van der Waals surface area contributed by atoms with E-state index < -0.39 is 0 Å². The van der Waals surface area contributed by atoms with E-state index in [1.54, 1.807) is 12.4 Å². The van der Waals surface area contributed by atoms with Crippen LogP contribution in [0.1, 0.15) is 18.2 Å². The molecule has 0 fully saturated rings. The molecule has 0 amide bonds. The summed E-state index contributed by atoms with van der Waals surface area (Å²) in [6.07, 6.45) is 4.86. The van der Waals surface area contributed by atoms with Crippen LogP contribution in [0.4, 0.5) is 0 Å². The normalized spacial score (nSPS) is 10.8. The van der Waals surface area contributed by atoms with Crippen molar-refractivity contribution in [1.82, 2.24) is 10.3 Å². The number of aryl methyl sites for hydroxylation is 1. The summed E-state index contributed by atoms with van der Waals surface area (Å²) >= 11 is 0. The second kappa shape index (κ2) is 4.27. The van der Waals surface area contributed by atoms with E-state index in [0.717, 1.165) is 35.5 Å². The molecule has 0 bridgehead atoms. The van der Waals surface area contributed by atoms with Crippen LogP contribution in [0.5, 0.6) is 0 Å². The molecule has 0 spiro atoms. The summed E-state index contributed by atoms with van der Waals surface area (Å²) in [7, 11) is 0. The molecule has 15 heavy (non-hydrogen) atoms. The van der Waals surface area contributed by atoms with E-state index >= 15 is 0 Å². The highest BCUT2D eigenvalue weighted by Crippen LogP contribution is 2.27. The minimum atomic E-state index is 0.570. The third kappa shape index (κ3) is 1.78. The Balaban J connectivity index is 2.40. The van der Waals surface area contributed by atoms with Crippen molar-refractivity contribution in [2.24, 2.45) is 5.73 Å². The highest BCUT2D eigenvalue weighted by atomic mass is 16.5. The van der Waals surface area contributed by atoms with Crippen molar-refractivity contribution < 1.29 is 9.05 Å². The molecule has 2 rings (SSSR count). The minimum absolute atomic E-state index is 0.570. The summed E-state index contributed by atoms with van der Waals surface area (Å²) in [6.45, 7) is 2.57. The molecule has 5 nitrogen and oxygen atoms in total. The van der Waals surface area contributed by atoms with Gasteiger partial charge in [-0.25, -0.2) is 0 Å². The van der Waals surface area contributed by atoms with E-state index in [1.807, 2.05) is 6.92 Å². The maximum atomic E-state index is 5.50. The van der Waals surface area contributed by atoms with Gasteiger partial charge in [0.25, 0.3) is 0 Å². The number of aromatic nitrogens is 2. The second-order valence-electron chi connectivity index (χ2n) is 3.24. The quantitative estimate of drug-likeness (QED) is 0.819. The van der Waals surface area contributed by atoms with Gasteiger partial charge in [-0.1, -0.05) is 17.2 Å². The summed E-state index contributed by atoms with van der Waals surface area (Å²) in [4.78, 5) is 0. The van der Waals surface area contributed by atoms with Gasteiger partial charge in [-0.2, -0.15) is 0 Å². The summed E-state index contributed by atoms with van der Waals surface area (Å²) in [5, 5.41) is 7.53. The predicted molar refractivity (Wildman–Crippen MR) is 54.1 cm³/mol. The van der Waals surface area contributed by atoms with Gasteiger partial charge in [-0.15, -0.1) is 0 Å². The molecular formula is C10H13N3O2. The Kier molecular flexibility index (Phi) is 2.82. The third-order valence-corrected chi connectivity index (χ3v) is 2.27. The Morgan fingerprint density at radius 1 is 1.27 bits per heavy atom. The van der Waals surface area contributed by atoms with Gasteiger partial charge in [0.15, 0.2) is 5.76 Å². The van der Waals surface area contributed by atoms with Gasteiger partial charge in [-0.05, 0) is 13.0 Å². The molecule has 2 heterocycles. The Morgan fingerprint density at radius 2 is 2.07 bits per heavy atom. The van der Waals surface area contributed by atoms with Crippen LogP contribution in [0.2, 0.25) is 0 Å². The number of nitrogens with two attached hydrogens (primary N) is 1. The average Bonchev–Trinajstić information content (AvgIpc) is 2.84. The highest BCUT2D eigenvalue weighted by Gasteiger charge is 2.16. The molecule has 80 valence electrons. The van der Waals surface area contributed by atoms with Crippen LogP contribution in [0.3, 0.4) is 0 Å². The smallest absolute Gasteiger partial charge is 0.175 e. The predicted octanol–water partition coefficient (Wildman–Crippen LogP) is 1.39. The number of rotatable bonds is 4. The lowest BCUT2D eigenvalue weighted by Gasteiger charge is -1.97. The fraction of sp³-hybridized carbons (Fsp3) is 0.400. The third-order valence-electron chi connectivity index (χ3n) is 2.27. The van der Waals surface area contributed by atoms with E-state index in [1.165, 1.54) is 0 Å². The molecule has 2 aromatic rings. The van der Waals surface area contributed by atoms with Crippen molar-refractivity contribution in [3.05, 3.63) is 23.7 Å². The second-order valence-corrected chi connectivity index (χ2v) is 3.24. The Labute approximate surface area is 87.2 Å². The Morgan fingerprint density at radius 3 is 2.80 bits per heavy atom. The Hall–Kier alpha value is -1.62. The zero-order valence-corrected chi connectivity index (χ0v) is 8.56. The summed E-state index contributed by atoms with van der Waals surface area (Å²) < 4.78 is 10.3. The fourth-order valence-corrected chi connectivity index (χ4v) is 1.52. The van der Waals surface area contributed by atoms with E-state index in [-0.39, 0.29) is 0 Å². The fourth-order valence-electron chi connectivity index (χ4n) is 1.52. The van der Waals surface area contributed by atoms with Crippen LogP contribution in [-0.2, 0) is 12.8 Å². The van der Waals surface area contributed by atoms with Crippen LogP contribution in [0.25, 0.3) is 11.3 Å². The van der Waals surface area contributed by atoms with Gasteiger partial charge in [0.05, 0.1) is 18.0 Å². The average molecular weight is 207 g/mol. The monoisotopic (exact) mass is 207 g/mol. The largest absolute Gasteiger partial charge is 0.361 e. The minimum Gasteiger partial charge on any atom is -0.361 e. The SMILES string of the molecule is CCc1oncc1-c1oncc1CCN. The summed E-state index contributed by atoms with van der Waals surface area (Å²) in [5.41, 5.74) is 7.37. The number of nitrogens with zero attached hydrogens (tertiary/aromatic N) is 2. The van der Waals surface area contributed by atoms with Gasteiger partial charge >= 0.3 is 0 Å². The van der Waals surface area contributed by atoms with E-state index in [0.29, 0.717) is 6.54 Å². The standard InChI is InChI=1S/C10H13N3O2/c1-2-9-8(6-13-14-9)10-7(3-4-11)5-12-15-10/h5-6H,2-4,11H2,1H3. The molecule has 2 aromatic heterocycles. The van der Waals surface area contributed by atoms with Gasteiger partial charge < -0.3 is 14.8 Å². The topological polar surface area (TPSA) is 78.1 Å². The highest BCUT2D eigenvalue weighted by molar-refractivity contribution is 5.61. The molecule has 0 unspecified atom stereocenters. The molecule has 0 aliphatic rings. The molecule has 0 atom stereocenters. The lowest BCUT2D eigenvalue weighted by Crippen LogP contribution is -2.02. The zero-order chi connectivity index (χ0) is 10.7. The summed E-state index contributed by atoms with van der Waals surface area (Å²) in [6, 6.07) is 0. The van der Waals surface area contributed by atoms with Crippen LogP contribution in [0, 0.1) is 0 Å². The van der Waals surface area contributed by atoms with Gasteiger partial charge in [0.1, 0.15) is 5.76 Å².